The molecule has 0 saturated carbocycles. The molecule has 1 aromatic heterocycles. The zero-order valence-electron chi connectivity index (χ0n) is 8.69. The minimum absolute atomic E-state index is 0.257. The standard InChI is InChI=1S/C11H16FN3/c12-11-5-1-4-10(14-11)8-15-6-2-3-9(13)7-15/h1,4-5,9H,2-3,6-8,13H2/t9-/m0/s1. The number of halogens is 1. The summed E-state index contributed by atoms with van der Waals surface area (Å²) in [6.45, 7) is 2.62. The van der Waals surface area contributed by atoms with Crippen molar-refractivity contribution in [3.8, 4) is 0 Å². The summed E-state index contributed by atoms with van der Waals surface area (Å²) < 4.78 is 12.8. The van der Waals surface area contributed by atoms with Gasteiger partial charge in [-0.1, -0.05) is 6.07 Å². The lowest BCUT2D eigenvalue weighted by Gasteiger charge is -2.30. The van der Waals surface area contributed by atoms with Gasteiger partial charge < -0.3 is 5.73 Å². The van der Waals surface area contributed by atoms with Crippen molar-refractivity contribution in [3.63, 3.8) is 0 Å². The summed E-state index contributed by atoms with van der Waals surface area (Å²) in [6, 6.07) is 5.17. The second-order valence-corrected chi connectivity index (χ2v) is 4.09. The first-order valence-corrected chi connectivity index (χ1v) is 5.33. The normalized spacial score (nSPS) is 22.9. The number of nitrogens with two attached hydrogens (primary N) is 1. The highest BCUT2D eigenvalue weighted by atomic mass is 19.1. The molecular formula is C11H16FN3. The molecular weight excluding hydrogens is 193 g/mol. The van der Waals surface area contributed by atoms with E-state index >= 15 is 0 Å². The van der Waals surface area contributed by atoms with Gasteiger partial charge in [-0.05, 0) is 31.5 Å². The lowest BCUT2D eigenvalue weighted by Crippen LogP contribution is -2.42. The van der Waals surface area contributed by atoms with E-state index in [4.69, 9.17) is 5.73 Å². The van der Waals surface area contributed by atoms with E-state index in [0.717, 1.165) is 31.6 Å². The quantitative estimate of drug-likeness (QED) is 0.743. The SMILES string of the molecule is N[C@H]1CCCN(Cc2cccc(F)n2)C1. The minimum atomic E-state index is -0.409. The molecule has 1 aromatic rings. The average molecular weight is 209 g/mol. The lowest BCUT2D eigenvalue weighted by molar-refractivity contribution is 0.199. The molecule has 15 heavy (non-hydrogen) atoms. The summed E-state index contributed by atoms with van der Waals surface area (Å²) in [7, 11) is 0. The van der Waals surface area contributed by atoms with Gasteiger partial charge in [0.2, 0.25) is 5.95 Å². The molecule has 4 heteroatoms. The van der Waals surface area contributed by atoms with E-state index in [-0.39, 0.29) is 6.04 Å². The highest BCUT2D eigenvalue weighted by Crippen LogP contribution is 2.11. The zero-order chi connectivity index (χ0) is 10.7. The Kier molecular flexibility index (Phi) is 3.28. The highest BCUT2D eigenvalue weighted by Gasteiger charge is 2.16. The van der Waals surface area contributed by atoms with Crippen LogP contribution in [0.25, 0.3) is 0 Å². The second-order valence-electron chi connectivity index (χ2n) is 4.09. The monoisotopic (exact) mass is 209 g/mol. The van der Waals surface area contributed by atoms with Crippen LogP contribution in [0.1, 0.15) is 18.5 Å². The molecule has 2 heterocycles. The summed E-state index contributed by atoms with van der Waals surface area (Å²) in [4.78, 5) is 6.08. The molecule has 1 aliphatic heterocycles. The van der Waals surface area contributed by atoms with Crippen molar-refractivity contribution in [3.05, 3.63) is 29.8 Å². The molecule has 0 radical (unpaired) electrons. The first-order chi connectivity index (χ1) is 7.24. The first kappa shape index (κ1) is 10.5. The molecule has 2 N–H and O–H groups in total. The van der Waals surface area contributed by atoms with Gasteiger partial charge in [0.1, 0.15) is 0 Å². The summed E-state index contributed by atoms with van der Waals surface area (Å²) in [5.74, 6) is -0.409. The number of aromatic nitrogens is 1. The van der Waals surface area contributed by atoms with Gasteiger partial charge in [0, 0.05) is 19.1 Å². The Morgan fingerprint density at radius 1 is 1.53 bits per heavy atom. The molecule has 82 valence electrons. The van der Waals surface area contributed by atoms with Crippen LogP contribution in [-0.2, 0) is 6.54 Å². The van der Waals surface area contributed by atoms with Gasteiger partial charge in [-0.3, -0.25) is 4.90 Å². The van der Waals surface area contributed by atoms with Crippen LogP contribution in [-0.4, -0.2) is 29.0 Å². The molecule has 1 fully saturated rings. The fraction of sp³-hybridized carbons (Fsp3) is 0.545. The van der Waals surface area contributed by atoms with Gasteiger partial charge >= 0.3 is 0 Å². The van der Waals surface area contributed by atoms with E-state index in [9.17, 15) is 4.39 Å². The zero-order valence-corrected chi connectivity index (χ0v) is 8.69. The van der Waals surface area contributed by atoms with Crippen LogP contribution in [0.15, 0.2) is 18.2 Å². The predicted molar refractivity (Wildman–Crippen MR) is 56.7 cm³/mol. The Morgan fingerprint density at radius 3 is 3.13 bits per heavy atom. The Balaban J connectivity index is 1.96. The van der Waals surface area contributed by atoms with Crippen LogP contribution in [0.4, 0.5) is 4.39 Å². The van der Waals surface area contributed by atoms with E-state index in [2.05, 4.69) is 9.88 Å². The van der Waals surface area contributed by atoms with Gasteiger partial charge in [0.25, 0.3) is 0 Å². The van der Waals surface area contributed by atoms with E-state index in [1.807, 2.05) is 6.07 Å². The average Bonchev–Trinajstić information content (AvgIpc) is 2.17. The highest BCUT2D eigenvalue weighted by molar-refractivity contribution is 5.04. The largest absolute Gasteiger partial charge is 0.327 e. The summed E-state index contributed by atoms with van der Waals surface area (Å²) >= 11 is 0. The lowest BCUT2D eigenvalue weighted by atomic mass is 10.1. The van der Waals surface area contributed by atoms with Crippen LogP contribution < -0.4 is 5.73 Å². The molecule has 3 nitrogen and oxygen atoms in total. The summed E-state index contributed by atoms with van der Waals surface area (Å²) in [5.41, 5.74) is 6.65. The van der Waals surface area contributed by atoms with Crippen molar-refractivity contribution >= 4 is 0 Å². The Hall–Kier alpha value is -1.00. The Bertz CT molecular complexity index is 329. The van der Waals surface area contributed by atoms with Gasteiger partial charge in [0.05, 0.1) is 5.69 Å². The molecule has 0 spiro atoms. The second kappa shape index (κ2) is 4.68. The maximum atomic E-state index is 12.8. The fourth-order valence-corrected chi connectivity index (χ4v) is 2.00. The van der Waals surface area contributed by atoms with Gasteiger partial charge in [-0.25, -0.2) is 4.98 Å². The van der Waals surface area contributed by atoms with Crippen LogP contribution in [0.5, 0.6) is 0 Å². The first-order valence-electron chi connectivity index (χ1n) is 5.33. The molecule has 0 bridgehead atoms. The van der Waals surface area contributed by atoms with Crippen molar-refractivity contribution in [2.45, 2.75) is 25.4 Å². The number of nitrogens with zero attached hydrogens (tertiary/aromatic N) is 2. The molecule has 0 aliphatic carbocycles. The number of piperidine rings is 1. The summed E-state index contributed by atoms with van der Waals surface area (Å²) in [5, 5.41) is 0. The number of likely N-dealkylation sites (tertiary alicyclic amines) is 1. The van der Waals surface area contributed by atoms with E-state index in [1.165, 1.54) is 6.07 Å². The van der Waals surface area contributed by atoms with E-state index < -0.39 is 5.95 Å². The topological polar surface area (TPSA) is 42.1 Å². The van der Waals surface area contributed by atoms with Gasteiger partial charge in [-0.2, -0.15) is 4.39 Å². The molecule has 1 saturated heterocycles. The Morgan fingerprint density at radius 2 is 2.40 bits per heavy atom. The van der Waals surface area contributed by atoms with Crippen molar-refractivity contribution in [2.75, 3.05) is 13.1 Å². The smallest absolute Gasteiger partial charge is 0.213 e. The van der Waals surface area contributed by atoms with Gasteiger partial charge in [0.15, 0.2) is 0 Å². The third kappa shape index (κ3) is 2.97. The molecule has 0 amide bonds. The maximum Gasteiger partial charge on any atom is 0.213 e. The van der Waals surface area contributed by atoms with E-state index in [1.54, 1.807) is 6.07 Å². The molecule has 0 unspecified atom stereocenters. The third-order valence-corrected chi connectivity index (χ3v) is 2.70. The van der Waals surface area contributed by atoms with Crippen LogP contribution in [0, 0.1) is 5.95 Å². The van der Waals surface area contributed by atoms with Crippen LogP contribution in [0.2, 0.25) is 0 Å². The summed E-state index contributed by atoms with van der Waals surface area (Å²) in [6.07, 6.45) is 2.21. The molecule has 1 aliphatic rings. The molecule has 2 rings (SSSR count). The van der Waals surface area contributed by atoms with Gasteiger partial charge in [-0.15, -0.1) is 0 Å². The maximum absolute atomic E-state index is 12.8. The number of rotatable bonds is 2. The predicted octanol–water partition coefficient (Wildman–Crippen LogP) is 1.14. The third-order valence-electron chi connectivity index (χ3n) is 2.70. The number of hydrogen-bond acceptors (Lipinski definition) is 3. The van der Waals surface area contributed by atoms with Crippen LogP contribution in [0.3, 0.4) is 0 Å². The minimum Gasteiger partial charge on any atom is -0.327 e. The van der Waals surface area contributed by atoms with E-state index in [0.29, 0.717) is 6.54 Å². The number of hydrogen-bond donors (Lipinski definition) is 1. The molecule has 0 aromatic carbocycles. The fourth-order valence-electron chi connectivity index (χ4n) is 2.00. The van der Waals surface area contributed by atoms with Crippen LogP contribution >= 0.6 is 0 Å². The van der Waals surface area contributed by atoms with Crippen molar-refractivity contribution in [1.29, 1.82) is 0 Å². The van der Waals surface area contributed by atoms with Crippen molar-refractivity contribution < 1.29 is 4.39 Å². The number of pyridine rings is 1. The Labute approximate surface area is 89.1 Å². The van der Waals surface area contributed by atoms with Crippen molar-refractivity contribution in [1.82, 2.24) is 9.88 Å². The van der Waals surface area contributed by atoms with Crippen molar-refractivity contribution in [2.24, 2.45) is 5.73 Å². The molecule has 1 atom stereocenters.